The number of para-hydroxylation sites is 2. The lowest BCUT2D eigenvalue weighted by Crippen LogP contribution is -2.51. The molecule has 5 heterocycles. The first kappa shape index (κ1) is 44.2. The van der Waals surface area contributed by atoms with Gasteiger partial charge in [-0.15, -0.1) is 5.10 Å². The van der Waals surface area contributed by atoms with E-state index in [0.29, 0.717) is 36.1 Å². The molecule has 1 aromatic heterocycles. The molecule has 0 spiro atoms. The van der Waals surface area contributed by atoms with Gasteiger partial charge in [0, 0.05) is 106 Å². The third kappa shape index (κ3) is 11.6. The van der Waals surface area contributed by atoms with Crippen LogP contribution in [0.1, 0.15) is 54.9 Å². The molecule has 0 amide bonds. The highest BCUT2D eigenvalue weighted by molar-refractivity contribution is 6.30. The zero-order chi connectivity index (χ0) is 42.7. The predicted octanol–water partition coefficient (Wildman–Crippen LogP) is 8.06. The molecule has 9 rings (SSSR count). The van der Waals surface area contributed by atoms with Crippen molar-refractivity contribution in [2.45, 2.75) is 82.7 Å². The number of anilines is 4. The topological polar surface area (TPSA) is 120 Å². The third-order valence-corrected chi connectivity index (χ3v) is 13.2. The monoisotopic (exact) mass is 861 g/mol. The lowest BCUT2D eigenvalue weighted by Gasteiger charge is -2.42. The molecule has 2 atom stereocenters. The smallest absolute Gasteiger partial charge is 0.246 e. The number of rotatable bonds is 7. The second-order valence-corrected chi connectivity index (χ2v) is 17.6. The van der Waals surface area contributed by atoms with Crippen molar-refractivity contribution >= 4 is 46.5 Å². The van der Waals surface area contributed by atoms with Crippen LogP contribution in [0.15, 0.2) is 97.1 Å². The molecule has 0 aliphatic carbocycles. The fourth-order valence-electron chi connectivity index (χ4n) is 9.67. The lowest BCUT2D eigenvalue weighted by molar-refractivity contribution is 0.106. The molecule has 4 aliphatic heterocycles. The van der Waals surface area contributed by atoms with Crippen LogP contribution in [0.4, 0.5) is 23.3 Å². The van der Waals surface area contributed by atoms with E-state index >= 15 is 0 Å². The number of benzene rings is 4. The van der Waals surface area contributed by atoms with E-state index in [1.807, 2.05) is 24.3 Å². The molecule has 0 radical (unpaired) electrons. The van der Waals surface area contributed by atoms with Crippen LogP contribution in [0.5, 0.6) is 0 Å². The molecule has 0 saturated carbocycles. The molecule has 2 unspecified atom stereocenters. The summed E-state index contributed by atoms with van der Waals surface area (Å²) in [5.74, 6) is 1.08. The average Bonchev–Trinajstić information content (AvgIpc) is 3.60. The fraction of sp³-hybridized carbons (Fsp3) is 0.438. The van der Waals surface area contributed by atoms with E-state index in [1.54, 1.807) is 6.07 Å². The molecule has 4 aromatic carbocycles. The van der Waals surface area contributed by atoms with Gasteiger partial charge >= 0.3 is 0 Å². The molecule has 0 bridgehead atoms. The van der Waals surface area contributed by atoms with E-state index in [9.17, 15) is 0 Å². The van der Waals surface area contributed by atoms with Crippen LogP contribution in [0, 0.1) is 11.3 Å². The minimum absolute atomic E-state index is 0.373. The zero-order valence-corrected chi connectivity index (χ0v) is 37.4. The Morgan fingerprint density at radius 1 is 0.689 bits per heavy atom. The first-order valence-corrected chi connectivity index (χ1v) is 22.5. The molecular formula is C48H61Cl2N11. The maximum atomic E-state index is 7.32. The molecule has 5 aromatic rings. The van der Waals surface area contributed by atoms with Crippen molar-refractivity contribution in [1.82, 2.24) is 30.3 Å². The van der Waals surface area contributed by atoms with Crippen LogP contribution in [-0.4, -0.2) is 103 Å². The summed E-state index contributed by atoms with van der Waals surface area (Å²) in [5.41, 5.74) is 14.0. The lowest BCUT2D eigenvalue weighted by atomic mass is 9.97. The molecule has 2 saturated heterocycles. The van der Waals surface area contributed by atoms with Crippen LogP contribution >= 0.6 is 23.2 Å². The number of nitrogens with zero attached hydrogens (tertiary/aromatic N) is 8. The Labute approximate surface area is 372 Å². The Morgan fingerprint density at radius 2 is 1.13 bits per heavy atom. The number of nitrogens with two attached hydrogens (primary N) is 1. The molecular weight excluding hydrogens is 802 g/mol. The van der Waals surface area contributed by atoms with Gasteiger partial charge in [-0.05, 0) is 110 Å². The number of fused-ring (bicyclic) bond motifs is 2. The quantitative estimate of drug-likeness (QED) is 0.148. The van der Waals surface area contributed by atoms with Crippen molar-refractivity contribution in [2.75, 3.05) is 73.8 Å². The standard InChI is InChI=1S/C24H30ClN7.C22H28ClN3.C2H3N/c1-30-16-21(14-17-6-8-19(25)9-7-17)32(15-18-4-2-3-5-22(18)30)20-10-12-31(13-11-20)24-27-23(26)28-29-24;1-25-16-21(14-17-6-8-19(23)9-7-17)26(20-10-12-24-13-11-20)15-18-4-2-3-5-22(18)25;1-2-3/h2-9,20-21H,10-16H2,1H3,(H3,26,27,28,29);2-9,20-21,24H,10-16H2,1H3;1H3. The average molecular weight is 863 g/mol. The second kappa shape index (κ2) is 21.3. The summed E-state index contributed by atoms with van der Waals surface area (Å²) in [7, 11) is 4.45. The van der Waals surface area contributed by atoms with Crippen LogP contribution in [0.2, 0.25) is 10.0 Å². The number of H-pyrrole nitrogens is 1. The molecule has 4 aliphatic rings. The van der Waals surface area contributed by atoms with Gasteiger partial charge in [0.25, 0.3) is 0 Å². The number of piperidine rings is 2. The number of hydrogen-bond donors (Lipinski definition) is 3. The van der Waals surface area contributed by atoms with Gasteiger partial charge in [0.2, 0.25) is 11.9 Å². The Kier molecular flexibility index (Phi) is 15.4. The van der Waals surface area contributed by atoms with Gasteiger partial charge in [-0.2, -0.15) is 10.2 Å². The number of nitrogens with one attached hydrogen (secondary N) is 2. The van der Waals surface area contributed by atoms with E-state index in [4.69, 9.17) is 34.2 Å². The number of hydrogen-bond acceptors (Lipinski definition) is 10. The normalized spacial score (nSPS) is 20.2. The van der Waals surface area contributed by atoms with Gasteiger partial charge in [0.05, 0.1) is 6.07 Å². The summed E-state index contributed by atoms with van der Waals surface area (Å²) in [4.78, 5) is 16.9. The van der Waals surface area contributed by atoms with E-state index in [0.717, 1.165) is 88.1 Å². The van der Waals surface area contributed by atoms with Crippen molar-refractivity contribution in [1.29, 1.82) is 5.26 Å². The highest BCUT2D eigenvalue weighted by Gasteiger charge is 2.35. The largest absolute Gasteiger partial charge is 0.373 e. The SMILES string of the molecule is CC#N.CN1CC(Cc2ccc(Cl)cc2)N(C2CCN(c3n[nH]c(N)n3)CC2)Cc2ccccc21.CN1CC(Cc2ccc(Cl)cc2)N(C2CCNCC2)Cc2ccccc21. The number of nitrogen functional groups attached to an aromatic ring is 1. The van der Waals surface area contributed by atoms with Crippen LogP contribution in [0.3, 0.4) is 0 Å². The number of aromatic amines is 1. The van der Waals surface area contributed by atoms with E-state index in [2.05, 4.69) is 132 Å². The van der Waals surface area contributed by atoms with Gasteiger partial charge in [0.1, 0.15) is 0 Å². The maximum absolute atomic E-state index is 7.32. The molecule has 61 heavy (non-hydrogen) atoms. The summed E-state index contributed by atoms with van der Waals surface area (Å²) < 4.78 is 0. The summed E-state index contributed by atoms with van der Waals surface area (Å²) >= 11 is 12.2. The second-order valence-electron chi connectivity index (χ2n) is 16.8. The summed E-state index contributed by atoms with van der Waals surface area (Å²) in [6.07, 6.45) is 6.72. The van der Waals surface area contributed by atoms with E-state index in [-0.39, 0.29) is 0 Å². The number of halogens is 2. The summed E-state index contributed by atoms with van der Waals surface area (Å²) in [5, 5.41) is 19.4. The summed E-state index contributed by atoms with van der Waals surface area (Å²) in [6.45, 7) is 9.63. The fourth-order valence-corrected chi connectivity index (χ4v) is 9.92. The number of nitriles is 1. The van der Waals surface area contributed by atoms with Gasteiger partial charge in [-0.1, -0.05) is 83.9 Å². The van der Waals surface area contributed by atoms with Crippen LogP contribution < -0.4 is 25.8 Å². The summed E-state index contributed by atoms with van der Waals surface area (Å²) in [6, 6.07) is 38.3. The third-order valence-electron chi connectivity index (χ3n) is 12.7. The van der Waals surface area contributed by atoms with Crippen molar-refractivity contribution in [3.63, 3.8) is 0 Å². The Bertz CT molecular complexity index is 2160. The molecule has 2 fully saturated rings. The molecule has 13 heteroatoms. The maximum Gasteiger partial charge on any atom is 0.246 e. The first-order chi connectivity index (χ1) is 29.7. The van der Waals surface area contributed by atoms with Gasteiger partial charge < -0.3 is 25.8 Å². The minimum Gasteiger partial charge on any atom is -0.373 e. The van der Waals surface area contributed by atoms with Gasteiger partial charge in [-0.25, -0.2) is 5.10 Å². The molecule has 322 valence electrons. The van der Waals surface area contributed by atoms with Crippen molar-refractivity contribution in [3.05, 3.63) is 129 Å². The zero-order valence-electron chi connectivity index (χ0n) is 35.9. The highest BCUT2D eigenvalue weighted by atomic mass is 35.5. The Morgan fingerprint density at radius 3 is 1.57 bits per heavy atom. The first-order valence-electron chi connectivity index (χ1n) is 21.7. The van der Waals surface area contributed by atoms with E-state index in [1.165, 1.54) is 53.4 Å². The molecule has 4 N–H and O–H groups in total. The van der Waals surface area contributed by atoms with Crippen molar-refractivity contribution in [3.8, 4) is 6.07 Å². The van der Waals surface area contributed by atoms with Crippen LogP contribution in [0.25, 0.3) is 0 Å². The minimum atomic E-state index is 0.373. The Hall–Kier alpha value is -4.83. The van der Waals surface area contributed by atoms with Crippen LogP contribution in [-0.2, 0) is 25.9 Å². The van der Waals surface area contributed by atoms with Crippen molar-refractivity contribution < 1.29 is 0 Å². The van der Waals surface area contributed by atoms with E-state index < -0.39 is 0 Å². The molecule has 11 nitrogen and oxygen atoms in total. The Balaban J connectivity index is 0.000000176. The van der Waals surface area contributed by atoms with Gasteiger partial charge in [-0.3, -0.25) is 9.80 Å². The van der Waals surface area contributed by atoms with Crippen molar-refractivity contribution in [2.24, 2.45) is 0 Å². The highest BCUT2D eigenvalue weighted by Crippen LogP contribution is 2.33. The predicted molar refractivity (Wildman–Crippen MR) is 252 cm³/mol. The number of likely N-dealkylation sites (N-methyl/N-ethyl adjacent to an activating group) is 2. The number of aromatic nitrogens is 3. The van der Waals surface area contributed by atoms with Gasteiger partial charge in [0.15, 0.2) is 0 Å².